The molecule has 0 fully saturated rings. The van der Waals surface area contributed by atoms with Gasteiger partial charge in [0.25, 0.3) is 0 Å². The van der Waals surface area contributed by atoms with Crippen molar-refractivity contribution in [2.45, 2.75) is 32.1 Å². The van der Waals surface area contributed by atoms with E-state index >= 15 is 0 Å². The quantitative estimate of drug-likeness (QED) is 0.781. The summed E-state index contributed by atoms with van der Waals surface area (Å²) in [5.74, 6) is 0.0677. The molecule has 1 aromatic rings. The molecule has 1 amide bonds. The number of hydrogen-bond acceptors (Lipinski definition) is 2. The van der Waals surface area contributed by atoms with Gasteiger partial charge in [0.1, 0.15) is 0 Å². The molecule has 0 aliphatic carbocycles. The van der Waals surface area contributed by atoms with E-state index in [0.29, 0.717) is 13.0 Å². The van der Waals surface area contributed by atoms with E-state index in [4.69, 9.17) is 5.26 Å². The largest absolute Gasteiger partial charge is 0.311 e. The van der Waals surface area contributed by atoms with Gasteiger partial charge in [0.15, 0.2) is 0 Å². The summed E-state index contributed by atoms with van der Waals surface area (Å²) in [6.45, 7) is 4.41. The number of carbonyl (C=O) groups excluding carboxylic acids is 1. The van der Waals surface area contributed by atoms with Crippen molar-refractivity contribution >= 4 is 11.6 Å². The van der Waals surface area contributed by atoms with Gasteiger partial charge in [-0.25, -0.2) is 0 Å². The summed E-state index contributed by atoms with van der Waals surface area (Å²) >= 11 is 0. The number of rotatable bonds is 2. The molecule has 2 rings (SSSR count). The van der Waals surface area contributed by atoms with Gasteiger partial charge in [0.2, 0.25) is 5.91 Å². The molecule has 88 valence electrons. The van der Waals surface area contributed by atoms with Crippen LogP contribution in [0.5, 0.6) is 0 Å². The van der Waals surface area contributed by atoms with E-state index in [0.717, 1.165) is 12.1 Å². The molecule has 0 saturated carbocycles. The normalized spacial score (nSPS) is 22.1. The van der Waals surface area contributed by atoms with E-state index in [1.165, 1.54) is 5.56 Å². The van der Waals surface area contributed by atoms with E-state index in [2.05, 4.69) is 19.1 Å². The highest BCUT2D eigenvalue weighted by Crippen LogP contribution is 2.43. The standard InChI is InChI=1S/C14H16N2O/c1-11(17)16-10-14(2,8-5-9-15)12-6-3-4-7-13(12)16/h3-4,6-7H,5,8,10H2,1-2H3/t14-/m1/s1. The van der Waals surface area contributed by atoms with Crippen molar-refractivity contribution < 1.29 is 4.79 Å². The smallest absolute Gasteiger partial charge is 0.223 e. The number of hydrogen-bond donors (Lipinski definition) is 0. The zero-order chi connectivity index (χ0) is 12.5. The summed E-state index contributed by atoms with van der Waals surface area (Å²) in [4.78, 5) is 13.4. The number of anilines is 1. The Morgan fingerprint density at radius 3 is 2.88 bits per heavy atom. The van der Waals surface area contributed by atoms with E-state index in [-0.39, 0.29) is 11.3 Å². The van der Waals surface area contributed by atoms with Crippen molar-refractivity contribution in [3.8, 4) is 6.07 Å². The first kappa shape index (κ1) is 11.7. The summed E-state index contributed by atoms with van der Waals surface area (Å²) in [6, 6.07) is 10.2. The maximum Gasteiger partial charge on any atom is 0.223 e. The molecule has 1 heterocycles. The molecule has 0 N–H and O–H groups in total. The summed E-state index contributed by atoms with van der Waals surface area (Å²) in [5.41, 5.74) is 2.10. The highest BCUT2D eigenvalue weighted by molar-refractivity contribution is 5.94. The molecule has 0 spiro atoms. The lowest BCUT2D eigenvalue weighted by atomic mass is 9.80. The summed E-state index contributed by atoms with van der Waals surface area (Å²) < 4.78 is 0. The van der Waals surface area contributed by atoms with Gasteiger partial charge in [-0.15, -0.1) is 0 Å². The number of nitrogens with zero attached hydrogens (tertiary/aromatic N) is 2. The Kier molecular flexibility index (Phi) is 2.89. The third-order valence-electron chi connectivity index (χ3n) is 3.52. The Labute approximate surface area is 102 Å². The number of amides is 1. The van der Waals surface area contributed by atoms with Gasteiger partial charge in [-0.1, -0.05) is 25.1 Å². The van der Waals surface area contributed by atoms with Crippen LogP contribution in [0.3, 0.4) is 0 Å². The topological polar surface area (TPSA) is 44.1 Å². The monoisotopic (exact) mass is 228 g/mol. The van der Waals surface area contributed by atoms with Crippen molar-refractivity contribution in [1.29, 1.82) is 5.26 Å². The second-order valence-electron chi connectivity index (χ2n) is 4.84. The van der Waals surface area contributed by atoms with Crippen molar-refractivity contribution in [3.63, 3.8) is 0 Å². The van der Waals surface area contributed by atoms with E-state index < -0.39 is 0 Å². The number of nitriles is 1. The molecule has 17 heavy (non-hydrogen) atoms. The van der Waals surface area contributed by atoms with Gasteiger partial charge >= 0.3 is 0 Å². The predicted molar refractivity (Wildman–Crippen MR) is 66.7 cm³/mol. The number of carbonyl (C=O) groups is 1. The maximum atomic E-state index is 11.6. The van der Waals surface area contributed by atoms with Crippen LogP contribution in [0, 0.1) is 11.3 Å². The third kappa shape index (κ3) is 1.91. The minimum absolute atomic E-state index is 0.0677. The molecular formula is C14H16N2O. The minimum atomic E-state index is -0.0853. The lowest BCUT2D eigenvalue weighted by molar-refractivity contribution is -0.116. The lowest BCUT2D eigenvalue weighted by Gasteiger charge is -2.24. The Morgan fingerprint density at radius 1 is 1.53 bits per heavy atom. The Hall–Kier alpha value is -1.82. The van der Waals surface area contributed by atoms with Crippen LogP contribution in [0.15, 0.2) is 24.3 Å². The Balaban J connectivity index is 2.41. The van der Waals surface area contributed by atoms with Crippen LogP contribution in [0.4, 0.5) is 5.69 Å². The molecule has 3 heteroatoms. The van der Waals surface area contributed by atoms with Crippen molar-refractivity contribution in [3.05, 3.63) is 29.8 Å². The second-order valence-corrected chi connectivity index (χ2v) is 4.84. The van der Waals surface area contributed by atoms with Crippen molar-refractivity contribution in [2.24, 2.45) is 0 Å². The van der Waals surface area contributed by atoms with Gasteiger partial charge in [0, 0.05) is 31.0 Å². The minimum Gasteiger partial charge on any atom is -0.311 e. The molecule has 0 unspecified atom stereocenters. The SMILES string of the molecule is CC(=O)N1C[C@@](C)(CCC#N)c2ccccc21. The maximum absolute atomic E-state index is 11.6. The van der Waals surface area contributed by atoms with Gasteiger partial charge < -0.3 is 4.90 Å². The van der Waals surface area contributed by atoms with Gasteiger partial charge in [0.05, 0.1) is 6.07 Å². The summed E-state index contributed by atoms with van der Waals surface area (Å²) in [5, 5.41) is 8.73. The first-order chi connectivity index (χ1) is 8.08. The third-order valence-corrected chi connectivity index (χ3v) is 3.52. The highest BCUT2D eigenvalue weighted by atomic mass is 16.2. The molecule has 1 aromatic carbocycles. The second kappa shape index (κ2) is 4.21. The number of benzene rings is 1. The van der Waals surface area contributed by atoms with E-state index in [1.54, 1.807) is 6.92 Å². The lowest BCUT2D eigenvalue weighted by Crippen LogP contribution is -2.33. The van der Waals surface area contributed by atoms with Gasteiger partial charge in [-0.05, 0) is 18.1 Å². The molecule has 0 radical (unpaired) electrons. The van der Waals surface area contributed by atoms with Crippen LogP contribution in [-0.2, 0) is 10.2 Å². The Morgan fingerprint density at radius 2 is 2.24 bits per heavy atom. The van der Waals surface area contributed by atoms with Crippen molar-refractivity contribution in [2.75, 3.05) is 11.4 Å². The Bertz CT molecular complexity index is 489. The average Bonchev–Trinajstić information content (AvgIpc) is 2.62. The zero-order valence-electron chi connectivity index (χ0n) is 10.2. The molecule has 0 saturated heterocycles. The first-order valence-corrected chi connectivity index (χ1v) is 5.83. The van der Waals surface area contributed by atoms with Crippen LogP contribution in [0.25, 0.3) is 0 Å². The van der Waals surface area contributed by atoms with E-state index in [9.17, 15) is 4.79 Å². The molecular weight excluding hydrogens is 212 g/mol. The fourth-order valence-corrected chi connectivity index (χ4v) is 2.57. The molecule has 3 nitrogen and oxygen atoms in total. The van der Waals surface area contributed by atoms with Gasteiger partial charge in [-0.3, -0.25) is 4.79 Å². The van der Waals surface area contributed by atoms with Crippen LogP contribution in [0.2, 0.25) is 0 Å². The zero-order valence-corrected chi connectivity index (χ0v) is 10.2. The first-order valence-electron chi connectivity index (χ1n) is 5.83. The van der Waals surface area contributed by atoms with Crippen LogP contribution in [-0.4, -0.2) is 12.5 Å². The predicted octanol–water partition coefficient (Wildman–Crippen LogP) is 2.61. The molecule has 1 aliphatic heterocycles. The molecule has 0 aromatic heterocycles. The van der Waals surface area contributed by atoms with E-state index in [1.807, 2.05) is 23.1 Å². The average molecular weight is 228 g/mol. The van der Waals surface area contributed by atoms with Crippen LogP contribution in [0.1, 0.15) is 32.3 Å². The molecule has 1 aliphatic rings. The summed E-state index contributed by atoms with van der Waals surface area (Å²) in [6.07, 6.45) is 1.32. The summed E-state index contributed by atoms with van der Waals surface area (Å²) in [7, 11) is 0. The number of para-hydroxylation sites is 1. The fourth-order valence-electron chi connectivity index (χ4n) is 2.57. The van der Waals surface area contributed by atoms with Gasteiger partial charge in [-0.2, -0.15) is 5.26 Å². The van der Waals surface area contributed by atoms with Crippen LogP contribution >= 0.6 is 0 Å². The fraction of sp³-hybridized carbons (Fsp3) is 0.429. The van der Waals surface area contributed by atoms with Crippen molar-refractivity contribution in [1.82, 2.24) is 0 Å². The molecule has 0 bridgehead atoms. The highest BCUT2D eigenvalue weighted by Gasteiger charge is 2.39. The molecule has 1 atom stereocenters. The number of fused-ring (bicyclic) bond motifs is 1. The van der Waals surface area contributed by atoms with Crippen LogP contribution < -0.4 is 4.90 Å².